The molecule has 1 fully saturated rings. The lowest BCUT2D eigenvalue weighted by Gasteiger charge is -2.25. The Kier molecular flexibility index (Phi) is 6.18. The van der Waals surface area contributed by atoms with Gasteiger partial charge in [-0.05, 0) is 62.7 Å². The Morgan fingerprint density at radius 1 is 1.13 bits per heavy atom. The number of nitrogens with one attached hydrogen (secondary N) is 1. The molecule has 158 valence electrons. The lowest BCUT2D eigenvalue weighted by Crippen LogP contribution is -2.28. The van der Waals surface area contributed by atoms with E-state index in [0.717, 1.165) is 36.7 Å². The zero-order valence-electron chi connectivity index (χ0n) is 17.5. The predicted octanol–water partition coefficient (Wildman–Crippen LogP) is 4.33. The molecular weight excluding hydrogens is 380 g/mol. The van der Waals surface area contributed by atoms with Crippen molar-refractivity contribution >= 4 is 11.7 Å². The standard InChI is InChI=1S/C23H28N4O3/c1-17(18-6-8-19(29-2)9-7-18)27-22(12-13-24-27)25-23(28)21-11-10-20(30-21)16-26-14-4-3-5-15-26/h6-13,17H,3-5,14-16H2,1-2H3,(H,25,28). The van der Waals surface area contributed by atoms with E-state index in [1.54, 1.807) is 30.1 Å². The Hall–Kier alpha value is -3.06. The highest BCUT2D eigenvalue weighted by Gasteiger charge is 2.18. The van der Waals surface area contributed by atoms with Gasteiger partial charge in [-0.1, -0.05) is 18.6 Å². The molecule has 1 atom stereocenters. The number of hydrogen-bond acceptors (Lipinski definition) is 5. The summed E-state index contributed by atoms with van der Waals surface area (Å²) >= 11 is 0. The zero-order valence-corrected chi connectivity index (χ0v) is 17.5. The highest BCUT2D eigenvalue weighted by Crippen LogP contribution is 2.24. The van der Waals surface area contributed by atoms with Crippen molar-refractivity contribution < 1.29 is 13.9 Å². The number of rotatable bonds is 7. The number of furan rings is 1. The van der Waals surface area contributed by atoms with Crippen LogP contribution >= 0.6 is 0 Å². The highest BCUT2D eigenvalue weighted by atomic mass is 16.5. The maximum Gasteiger partial charge on any atom is 0.292 e. The molecule has 0 bridgehead atoms. The number of nitrogens with zero attached hydrogens (tertiary/aromatic N) is 3. The van der Waals surface area contributed by atoms with Crippen LogP contribution in [-0.2, 0) is 6.54 Å². The lowest BCUT2D eigenvalue weighted by atomic mass is 10.1. The summed E-state index contributed by atoms with van der Waals surface area (Å²) in [5, 5.41) is 7.32. The van der Waals surface area contributed by atoms with Crippen LogP contribution in [0.4, 0.5) is 5.82 Å². The molecule has 0 spiro atoms. The van der Waals surface area contributed by atoms with E-state index < -0.39 is 0 Å². The maximum absolute atomic E-state index is 12.7. The minimum atomic E-state index is -0.274. The third kappa shape index (κ3) is 4.57. The number of piperidine rings is 1. The summed E-state index contributed by atoms with van der Waals surface area (Å²) in [6, 6.07) is 13.2. The van der Waals surface area contributed by atoms with Crippen molar-refractivity contribution in [3.63, 3.8) is 0 Å². The van der Waals surface area contributed by atoms with Crippen molar-refractivity contribution in [2.45, 2.75) is 38.8 Å². The SMILES string of the molecule is COc1ccc(C(C)n2nccc2NC(=O)c2ccc(CN3CCCCC3)o2)cc1. The van der Waals surface area contributed by atoms with Crippen molar-refractivity contribution in [1.29, 1.82) is 0 Å². The molecule has 30 heavy (non-hydrogen) atoms. The quantitative estimate of drug-likeness (QED) is 0.630. The number of carbonyl (C=O) groups is 1. The van der Waals surface area contributed by atoms with E-state index in [4.69, 9.17) is 9.15 Å². The van der Waals surface area contributed by atoms with E-state index in [2.05, 4.69) is 15.3 Å². The minimum absolute atomic E-state index is 0.0486. The third-order valence-corrected chi connectivity index (χ3v) is 5.59. The first-order valence-corrected chi connectivity index (χ1v) is 10.4. The fourth-order valence-electron chi connectivity index (χ4n) is 3.85. The molecule has 1 aliphatic rings. The van der Waals surface area contributed by atoms with Gasteiger partial charge in [0.1, 0.15) is 17.3 Å². The molecule has 3 heterocycles. The van der Waals surface area contributed by atoms with Crippen molar-refractivity contribution in [1.82, 2.24) is 14.7 Å². The molecular formula is C23H28N4O3. The van der Waals surface area contributed by atoms with Gasteiger partial charge in [0.15, 0.2) is 5.76 Å². The normalized spacial score (nSPS) is 15.7. The average molecular weight is 409 g/mol. The fourth-order valence-corrected chi connectivity index (χ4v) is 3.85. The minimum Gasteiger partial charge on any atom is -0.497 e. The summed E-state index contributed by atoms with van der Waals surface area (Å²) in [6.07, 6.45) is 5.43. The summed E-state index contributed by atoms with van der Waals surface area (Å²) in [4.78, 5) is 15.1. The van der Waals surface area contributed by atoms with Crippen LogP contribution in [0.2, 0.25) is 0 Å². The first kappa shape index (κ1) is 20.2. The van der Waals surface area contributed by atoms with Gasteiger partial charge in [-0.3, -0.25) is 9.69 Å². The fraction of sp³-hybridized carbons (Fsp3) is 0.391. The molecule has 3 aromatic rings. The van der Waals surface area contributed by atoms with Crippen molar-refractivity contribution in [3.8, 4) is 5.75 Å². The molecule has 0 aliphatic carbocycles. The number of hydrogen-bond donors (Lipinski definition) is 1. The van der Waals surface area contributed by atoms with Crippen LogP contribution < -0.4 is 10.1 Å². The van der Waals surface area contributed by atoms with Crippen molar-refractivity contribution in [3.05, 3.63) is 65.7 Å². The van der Waals surface area contributed by atoms with Gasteiger partial charge in [0.25, 0.3) is 5.91 Å². The number of aromatic nitrogens is 2. The predicted molar refractivity (Wildman–Crippen MR) is 115 cm³/mol. The molecule has 1 amide bonds. The summed E-state index contributed by atoms with van der Waals surface area (Å²) in [7, 11) is 1.64. The van der Waals surface area contributed by atoms with Gasteiger partial charge >= 0.3 is 0 Å². The second-order valence-corrected chi connectivity index (χ2v) is 7.67. The van der Waals surface area contributed by atoms with E-state index >= 15 is 0 Å². The topological polar surface area (TPSA) is 72.5 Å². The number of likely N-dealkylation sites (tertiary alicyclic amines) is 1. The number of benzene rings is 1. The molecule has 1 N–H and O–H groups in total. The highest BCUT2D eigenvalue weighted by molar-refractivity contribution is 6.01. The summed E-state index contributed by atoms with van der Waals surface area (Å²) in [5.74, 6) is 2.29. The third-order valence-electron chi connectivity index (χ3n) is 5.59. The first-order valence-electron chi connectivity index (χ1n) is 10.4. The molecule has 0 saturated carbocycles. The number of ether oxygens (including phenoxy) is 1. The van der Waals surface area contributed by atoms with Crippen molar-refractivity contribution in [2.75, 3.05) is 25.5 Å². The summed E-state index contributed by atoms with van der Waals surface area (Å²) < 4.78 is 12.8. The van der Waals surface area contributed by atoms with Crippen LogP contribution in [0.3, 0.4) is 0 Å². The molecule has 1 unspecified atom stereocenters. The Morgan fingerprint density at radius 3 is 2.63 bits per heavy atom. The first-order chi connectivity index (χ1) is 14.6. The van der Waals surface area contributed by atoms with E-state index in [-0.39, 0.29) is 11.9 Å². The van der Waals surface area contributed by atoms with Crippen LogP contribution in [0, 0.1) is 0 Å². The van der Waals surface area contributed by atoms with Crippen LogP contribution in [0.25, 0.3) is 0 Å². The van der Waals surface area contributed by atoms with E-state index in [9.17, 15) is 4.79 Å². The molecule has 2 aromatic heterocycles. The number of methoxy groups -OCH3 is 1. The second kappa shape index (κ2) is 9.17. The van der Waals surface area contributed by atoms with Gasteiger partial charge in [0, 0.05) is 6.07 Å². The van der Waals surface area contributed by atoms with Gasteiger partial charge in [0.05, 0.1) is 25.9 Å². The smallest absolute Gasteiger partial charge is 0.292 e. The average Bonchev–Trinajstić information content (AvgIpc) is 3.44. The Labute approximate surface area is 176 Å². The second-order valence-electron chi connectivity index (χ2n) is 7.67. The van der Waals surface area contributed by atoms with Gasteiger partial charge < -0.3 is 14.5 Å². The van der Waals surface area contributed by atoms with E-state index in [0.29, 0.717) is 11.6 Å². The molecule has 0 radical (unpaired) electrons. The maximum atomic E-state index is 12.7. The Balaban J connectivity index is 1.42. The largest absolute Gasteiger partial charge is 0.497 e. The van der Waals surface area contributed by atoms with Gasteiger partial charge in [-0.2, -0.15) is 5.10 Å². The summed E-state index contributed by atoms with van der Waals surface area (Å²) in [6.45, 7) is 4.96. The Morgan fingerprint density at radius 2 is 1.90 bits per heavy atom. The van der Waals surface area contributed by atoms with Gasteiger partial charge in [-0.25, -0.2) is 4.68 Å². The molecule has 7 nitrogen and oxygen atoms in total. The van der Waals surface area contributed by atoms with Crippen molar-refractivity contribution in [2.24, 2.45) is 0 Å². The summed E-state index contributed by atoms with van der Waals surface area (Å²) in [5.41, 5.74) is 1.07. The van der Waals surface area contributed by atoms with Gasteiger partial charge in [0.2, 0.25) is 0 Å². The Bertz CT molecular complexity index is 971. The van der Waals surface area contributed by atoms with E-state index in [1.165, 1.54) is 19.3 Å². The van der Waals surface area contributed by atoms with Crippen LogP contribution in [0.5, 0.6) is 5.75 Å². The molecule has 7 heteroatoms. The van der Waals surface area contributed by atoms with Crippen LogP contribution in [-0.4, -0.2) is 40.8 Å². The molecule has 1 aromatic carbocycles. The van der Waals surface area contributed by atoms with Crippen LogP contribution in [0.15, 0.2) is 53.1 Å². The van der Waals surface area contributed by atoms with E-state index in [1.807, 2.05) is 37.3 Å². The van der Waals surface area contributed by atoms with Crippen LogP contribution in [0.1, 0.15) is 54.1 Å². The number of anilines is 1. The monoisotopic (exact) mass is 408 g/mol. The molecule has 1 aliphatic heterocycles. The molecule has 1 saturated heterocycles. The zero-order chi connectivity index (χ0) is 20.9. The number of amides is 1. The van der Waals surface area contributed by atoms with Gasteiger partial charge in [-0.15, -0.1) is 0 Å². The molecule has 4 rings (SSSR count). The lowest BCUT2D eigenvalue weighted by molar-refractivity contribution is 0.0991. The number of carbonyl (C=O) groups excluding carboxylic acids is 1.